The highest BCUT2D eigenvalue weighted by atomic mass is 32.1. The van der Waals surface area contributed by atoms with Crippen molar-refractivity contribution in [2.24, 2.45) is 0 Å². The molecule has 0 atom stereocenters. The third kappa shape index (κ3) is 3.55. The molecular weight excluding hydrogens is 292 g/mol. The molecule has 0 saturated carbocycles. The molecule has 2 aromatic heterocycles. The van der Waals surface area contributed by atoms with Crippen LogP contribution in [-0.2, 0) is 12.8 Å². The first kappa shape index (κ1) is 16.7. The molecule has 0 spiro atoms. The molecule has 0 aromatic carbocycles. The Morgan fingerprint density at radius 3 is 2.68 bits per heavy atom. The standard InChI is InChI=1S/C18H24N2OS/c1-5-8-16-14(6-2)11-17(22-16)18(21)20(13(3)4)15-9-7-10-19-12-15/h7,9-13H,5-6,8H2,1-4H3. The molecule has 0 fully saturated rings. The highest BCUT2D eigenvalue weighted by Crippen LogP contribution is 2.28. The molecule has 0 radical (unpaired) electrons. The van der Waals surface area contributed by atoms with Gasteiger partial charge >= 0.3 is 0 Å². The van der Waals surface area contributed by atoms with Crippen molar-refractivity contribution in [3.05, 3.63) is 45.9 Å². The molecule has 118 valence electrons. The molecule has 0 aliphatic rings. The zero-order valence-corrected chi connectivity index (χ0v) is 14.6. The number of pyridine rings is 1. The van der Waals surface area contributed by atoms with Crippen LogP contribution < -0.4 is 4.90 Å². The van der Waals surface area contributed by atoms with Gasteiger partial charge in [0.1, 0.15) is 0 Å². The van der Waals surface area contributed by atoms with Crippen LogP contribution in [0.25, 0.3) is 0 Å². The van der Waals surface area contributed by atoms with Crippen molar-refractivity contribution < 1.29 is 4.79 Å². The van der Waals surface area contributed by atoms with E-state index in [1.807, 2.05) is 30.9 Å². The van der Waals surface area contributed by atoms with Crippen LogP contribution in [-0.4, -0.2) is 16.9 Å². The molecule has 0 unspecified atom stereocenters. The normalized spacial score (nSPS) is 11.0. The lowest BCUT2D eigenvalue weighted by Gasteiger charge is -2.25. The fraction of sp³-hybridized carbons (Fsp3) is 0.444. The summed E-state index contributed by atoms with van der Waals surface area (Å²) in [6.07, 6.45) is 6.62. The first-order valence-electron chi connectivity index (χ1n) is 7.93. The number of carbonyl (C=O) groups excluding carboxylic acids is 1. The van der Waals surface area contributed by atoms with Crippen LogP contribution in [0.2, 0.25) is 0 Å². The number of aryl methyl sites for hydroxylation is 2. The van der Waals surface area contributed by atoms with Crippen molar-refractivity contribution in [3.8, 4) is 0 Å². The zero-order valence-electron chi connectivity index (χ0n) is 13.8. The van der Waals surface area contributed by atoms with Crippen molar-refractivity contribution >= 4 is 22.9 Å². The predicted molar refractivity (Wildman–Crippen MR) is 93.9 cm³/mol. The molecular formula is C18H24N2OS. The van der Waals surface area contributed by atoms with Crippen molar-refractivity contribution in [3.63, 3.8) is 0 Å². The fourth-order valence-electron chi connectivity index (χ4n) is 2.57. The van der Waals surface area contributed by atoms with Gasteiger partial charge in [0.2, 0.25) is 0 Å². The number of thiophene rings is 1. The third-order valence-electron chi connectivity index (χ3n) is 3.62. The van der Waals surface area contributed by atoms with E-state index < -0.39 is 0 Å². The van der Waals surface area contributed by atoms with Crippen LogP contribution in [0.4, 0.5) is 5.69 Å². The highest BCUT2D eigenvalue weighted by Gasteiger charge is 2.23. The molecule has 22 heavy (non-hydrogen) atoms. The lowest BCUT2D eigenvalue weighted by molar-refractivity contribution is 0.0984. The van der Waals surface area contributed by atoms with Crippen molar-refractivity contribution in [2.45, 2.75) is 53.0 Å². The molecule has 0 aliphatic carbocycles. The van der Waals surface area contributed by atoms with Crippen LogP contribution in [0.1, 0.15) is 54.2 Å². The summed E-state index contributed by atoms with van der Waals surface area (Å²) in [5.41, 5.74) is 2.16. The average Bonchev–Trinajstić information content (AvgIpc) is 2.91. The van der Waals surface area contributed by atoms with E-state index in [9.17, 15) is 4.79 Å². The van der Waals surface area contributed by atoms with Gasteiger partial charge in [0.15, 0.2) is 0 Å². The summed E-state index contributed by atoms with van der Waals surface area (Å²) >= 11 is 1.65. The van der Waals surface area contributed by atoms with E-state index in [-0.39, 0.29) is 11.9 Å². The Balaban J connectivity index is 2.36. The molecule has 2 aromatic rings. The zero-order chi connectivity index (χ0) is 16.1. The van der Waals surface area contributed by atoms with E-state index >= 15 is 0 Å². The largest absolute Gasteiger partial charge is 0.304 e. The minimum Gasteiger partial charge on any atom is -0.304 e. The first-order valence-corrected chi connectivity index (χ1v) is 8.75. The van der Waals surface area contributed by atoms with E-state index in [4.69, 9.17) is 0 Å². The SMILES string of the molecule is CCCc1sc(C(=O)N(c2cccnc2)C(C)C)cc1CC. The van der Waals surface area contributed by atoms with Gasteiger partial charge in [-0.1, -0.05) is 20.3 Å². The Morgan fingerprint density at radius 2 is 2.14 bits per heavy atom. The monoisotopic (exact) mass is 316 g/mol. The van der Waals surface area contributed by atoms with E-state index in [0.717, 1.165) is 29.8 Å². The quantitative estimate of drug-likeness (QED) is 0.773. The van der Waals surface area contributed by atoms with Gasteiger partial charge in [-0.3, -0.25) is 9.78 Å². The summed E-state index contributed by atoms with van der Waals surface area (Å²) in [5, 5.41) is 0. The van der Waals surface area contributed by atoms with E-state index in [2.05, 4.69) is 24.9 Å². The number of amides is 1. The number of anilines is 1. The van der Waals surface area contributed by atoms with Crippen LogP contribution in [0.5, 0.6) is 0 Å². The molecule has 0 N–H and O–H groups in total. The Morgan fingerprint density at radius 1 is 1.36 bits per heavy atom. The lowest BCUT2D eigenvalue weighted by Crippen LogP contribution is -2.36. The second kappa shape index (κ2) is 7.54. The summed E-state index contributed by atoms with van der Waals surface area (Å²) in [7, 11) is 0. The molecule has 4 heteroatoms. The van der Waals surface area contributed by atoms with E-state index in [0.29, 0.717) is 0 Å². The fourth-order valence-corrected chi connectivity index (χ4v) is 3.87. The van der Waals surface area contributed by atoms with Gasteiger partial charge in [0, 0.05) is 17.1 Å². The van der Waals surface area contributed by atoms with Gasteiger partial charge in [0.25, 0.3) is 5.91 Å². The van der Waals surface area contributed by atoms with Gasteiger partial charge in [-0.15, -0.1) is 11.3 Å². The maximum Gasteiger partial charge on any atom is 0.268 e. The lowest BCUT2D eigenvalue weighted by atomic mass is 10.1. The predicted octanol–water partition coefficient (Wildman–Crippen LogP) is 4.71. The van der Waals surface area contributed by atoms with Crippen LogP contribution in [0, 0.1) is 0 Å². The Hall–Kier alpha value is -1.68. The second-order valence-electron chi connectivity index (χ2n) is 5.64. The smallest absolute Gasteiger partial charge is 0.268 e. The molecule has 0 aliphatic heterocycles. The van der Waals surface area contributed by atoms with Crippen LogP contribution in [0.15, 0.2) is 30.6 Å². The van der Waals surface area contributed by atoms with Gasteiger partial charge in [-0.2, -0.15) is 0 Å². The van der Waals surface area contributed by atoms with Crippen LogP contribution in [0.3, 0.4) is 0 Å². The van der Waals surface area contributed by atoms with Crippen molar-refractivity contribution in [1.29, 1.82) is 0 Å². The first-order chi connectivity index (χ1) is 10.6. The molecule has 0 saturated heterocycles. The Labute approximate surface area is 137 Å². The van der Waals surface area contributed by atoms with Gasteiger partial charge in [-0.25, -0.2) is 0 Å². The van der Waals surface area contributed by atoms with Gasteiger partial charge in [-0.05, 0) is 50.5 Å². The molecule has 1 amide bonds. The number of aromatic nitrogens is 1. The number of nitrogens with zero attached hydrogens (tertiary/aromatic N) is 2. The Bertz CT molecular complexity index is 619. The average molecular weight is 316 g/mol. The minimum absolute atomic E-state index is 0.0741. The van der Waals surface area contributed by atoms with Gasteiger partial charge < -0.3 is 4.90 Å². The van der Waals surface area contributed by atoms with Gasteiger partial charge in [0.05, 0.1) is 16.8 Å². The minimum atomic E-state index is 0.0741. The summed E-state index contributed by atoms with van der Waals surface area (Å²) < 4.78 is 0. The molecule has 2 heterocycles. The van der Waals surface area contributed by atoms with Crippen LogP contribution >= 0.6 is 11.3 Å². The molecule has 2 rings (SSSR count). The van der Waals surface area contributed by atoms with E-state index in [1.54, 1.807) is 23.7 Å². The topological polar surface area (TPSA) is 33.2 Å². The molecule has 3 nitrogen and oxygen atoms in total. The number of hydrogen-bond acceptors (Lipinski definition) is 3. The summed E-state index contributed by atoms with van der Waals surface area (Å²) in [6.45, 7) is 8.39. The summed E-state index contributed by atoms with van der Waals surface area (Å²) in [5.74, 6) is 0.0741. The van der Waals surface area contributed by atoms with E-state index in [1.165, 1.54) is 10.4 Å². The summed E-state index contributed by atoms with van der Waals surface area (Å²) in [4.78, 5) is 21.1. The van der Waals surface area contributed by atoms with Crippen molar-refractivity contribution in [2.75, 3.05) is 4.90 Å². The number of hydrogen-bond donors (Lipinski definition) is 0. The Kier molecular flexibility index (Phi) is 5.72. The van der Waals surface area contributed by atoms with Crippen molar-refractivity contribution in [1.82, 2.24) is 4.98 Å². The maximum atomic E-state index is 13.0. The third-order valence-corrected chi connectivity index (χ3v) is 4.85. The highest BCUT2D eigenvalue weighted by molar-refractivity contribution is 7.14. The number of rotatable bonds is 6. The number of carbonyl (C=O) groups is 1. The second-order valence-corrected chi connectivity index (χ2v) is 6.78. The summed E-state index contributed by atoms with van der Waals surface area (Å²) in [6, 6.07) is 5.97. The maximum absolute atomic E-state index is 13.0. The molecule has 0 bridgehead atoms.